The summed E-state index contributed by atoms with van der Waals surface area (Å²) in [6.07, 6.45) is 0. The number of benzene rings is 1. The van der Waals surface area contributed by atoms with Crippen LogP contribution in [0.15, 0.2) is 24.3 Å². The number of halogens is 2. The molecular formula is C12H16BrClO. The first-order valence-corrected chi connectivity index (χ1v) is 6.42. The van der Waals surface area contributed by atoms with E-state index in [4.69, 9.17) is 16.3 Å². The highest BCUT2D eigenvalue weighted by molar-refractivity contribution is 9.09. The fourth-order valence-electron chi connectivity index (χ4n) is 1.06. The van der Waals surface area contributed by atoms with E-state index in [-0.39, 0.29) is 5.41 Å². The Morgan fingerprint density at radius 1 is 1.27 bits per heavy atom. The zero-order valence-corrected chi connectivity index (χ0v) is 11.4. The molecule has 0 radical (unpaired) electrons. The highest BCUT2D eigenvalue weighted by atomic mass is 79.9. The highest BCUT2D eigenvalue weighted by Crippen LogP contribution is 2.19. The Balaban J connectivity index is 2.35. The molecule has 0 saturated carbocycles. The standard InChI is InChI=1S/C12H16BrClO/c1-12(2,8-13)9-15-7-10-3-5-11(14)6-4-10/h3-6H,7-9H2,1-2H3. The van der Waals surface area contributed by atoms with Crippen molar-refractivity contribution in [2.45, 2.75) is 20.5 Å². The summed E-state index contributed by atoms with van der Waals surface area (Å²) >= 11 is 9.26. The van der Waals surface area contributed by atoms with Crippen molar-refractivity contribution in [2.75, 3.05) is 11.9 Å². The summed E-state index contributed by atoms with van der Waals surface area (Å²) in [6.45, 7) is 5.74. The Bertz CT molecular complexity index is 295. The van der Waals surface area contributed by atoms with Crippen molar-refractivity contribution in [1.82, 2.24) is 0 Å². The Kier molecular flexibility index (Phi) is 5.10. The molecule has 84 valence electrons. The largest absolute Gasteiger partial charge is 0.376 e. The molecule has 0 aliphatic heterocycles. The van der Waals surface area contributed by atoms with Crippen LogP contribution in [0.25, 0.3) is 0 Å². The Labute approximate surface area is 105 Å². The van der Waals surface area contributed by atoms with Gasteiger partial charge in [-0.1, -0.05) is 53.5 Å². The molecule has 0 heterocycles. The van der Waals surface area contributed by atoms with Gasteiger partial charge in [-0.3, -0.25) is 0 Å². The van der Waals surface area contributed by atoms with Gasteiger partial charge in [0, 0.05) is 10.4 Å². The maximum absolute atomic E-state index is 5.79. The molecule has 1 aromatic rings. The monoisotopic (exact) mass is 290 g/mol. The topological polar surface area (TPSA) is 9.23 Å². The Morgan fingerprint density at radius 2 is 1.87 bits per heavy atom. The summed E-state index contributed by atoms with van der Waals surface area (Å²) in [5, 5.41) is 1.71. The Hall–Kier alpha value is -0.0500. The molecule has 3 heteroatoms. The molecule has 1 aromatic carbocycles. The van der Waals surface area contributed by atoms with Crippen LogP contribution < -0.4 is 0 Å². The van der Waals surface area contributed by atoms with Gasteiger partial charge in [-0.15, -0.1) is 0 Å². The molecule has 0 fully saturated rings. The highest BCUT2D eigenvalue weighted by Gasteiger charge is 2.15. The number of hydrogen-bond donors (Lipinski definition) is 0. The van der Waals surface area contributed by atoms with Crippen molar-refractivity contribution in [3.63, 3.8) is 0 Å². The first-order chi connectivity index (χ1) is 7.03. The van der Waals surface area contributed by atoms with Gasteiger partial charge in [0.15, 0.2) is 0 Å². The molecule has 0 aromatic heterocycles. The van der Waals surface area contributed by atoms with Crippen LogP contribution in [-0.2, 0) is 11.3 Å². The minimum atomic E-state index is 0.187. The molecule has 1 rings (SSSR count). The lowest BCUT2D eigenvalue weighted by molar-refractivity contribution is 0.0625. The minimum Gasteiger partial charge on any atom is -0.376 e. The van der Waals surface area contributed by atoms with Crippen LogP contribution in [-0.4, -0.2) is 11.9 Å². The normalized spacial score (nSPS) is 11.7. The van der Waals surface area contributed by atoms with Crippen molar-refractivity contribution in [3.05, 3.63) is 34.9 Å². The number of alkyl halides is 1. The van der Waals surface area contributed by atoms with E-state index in [1.54, 1.807) is 0 Å². The van der Waals surface area contributed by atoms with Gasteiger partial charge >= 0.3 is 0 Å². The van der Waals surface area contributed by atoms with Gasteiger partial charge in [0.05, 0.1) is 13.2 Å². The lowest BCUT2D eigenvalue weighted by atomic mass is 9.98. The summed E-state index contributed by atoms with van der Waals surface area (Å²) < 4.78 is 5.64. The van der Waals surface area contributed by atoms with Gasteiger partial charge in [0.1, 0.15) is 0 Å². The maximum Gasteiger partial charge on any atom is 0.0717 e. The smallest absolute Gasteiger partial charge is 0.0717 e. The van der Waals surface area contributed by atoms with Crippen LogP contribution >= 0.6 is 27.5 Å². The van der Waals surface area contributed by atoms with E-state index in [2.05, 4.69) is 29.8 Å². The minimum absolute atomic E-state index is 0.187. The summed E-state index contributed by atoms with van der Waals surface area (Å²) in [4.78, 5) is 0. The summed E-state index contributed by atoms with van der Waals surface area (Å²) in [5.74, 6) is 0. The van der Waals surface area contributed by atoms with Crippen molar-refractivity contribution in [2.24, 2.45) is 5.41 Å². The zero-order chi connectivity index (χ0) is 11.3. The summed E-state index contributed by atoms with van der Waals surface area (Å²) in [5.41, 5.74) is 1.34. The summed E-state index contributed by atoms with van der Waals surface area (Å²) in [7, 11) is 0. The lowest BCUT2D eigenvalue weighted by Crippen LogP contribution is -2.20. The fourth-order valence-corrected chi connectivity index (χ4v) is 1.35. The molecule has 0 aliphatic carbocycles. The van der Waals surface area contributed by atoms with E-state index in [1.807, 2.05) is 24.3 Å². The Morgan fingerprint density at radius 3 is 2.40 bits per heavy atom. The van der Waals surface area contributed by atoms with Crippen LogP contribution in [0, 0.1) is 5.41 Å². The number of hydrogen-bond acceptors (Lipinski definition) is 1. The summed E-state index contributed by atoms with van der Waals surface area (Å²) in [6, 6.07) is 7.75. The van der Waals surface area contributed by atoms with E-state index in [9.17, 15) is 0 Å². The van der Waals surface area contributed by atoms with Gasteiger partial charge < -0.3 is 4.74 Å². The zero-order valence-electron chi connectivity index (χ0n) is 9.09. The van der Waals surface area contributed by atoms with Crippen molar-refractivity contribution in [1.29, 1.82) is 0 Å². The third-order valence-electron chi connectivity index (χ3n) is 2.04. The predicted molar refractivity (Wildman–Crippen MR) is 68.7 cm³/mol. The van der Waals surface area contributed by atoms with Crippen LogP contribution in [0.2, 0.25) is 5.02 Å². The fraction of sp³-hybridized carbons (Fsp3) is 0.500. The molecule has 0 aliphatic rings. The second-order valence-corrected chi connectivity index (χ2v) is 5.41. The SMILES string of the molecule is CC(C)(CBr)COCc1ccc(Cl)cc1. The molecule has 1 nitrogen and oxygen atoms in total. The number of ether oxygens (including phenoxy) is 1. The molecule has 15 heavy (non-hydrogen) atoms. The molecule has 0 saturated heterocycles. The van der Waals surface area contributed by atoms with Crippen LogP contribution in [0.1, 0.15) is 19.4 Å². The molecule has 0 bridgehead atoms. The third kappa shape index (κ3) is 5.01. The average molecular weight is 292 g/mol. The van der Waals surface area contributed by atoms with Crippen molar-refractivity contribution >= 4 is 27.5 Å². The quantitative estimate of drug-likeness (QED) is 0.736. The van der Waals surface area contributed by atoms with E-state index >= 15 is 0 Å². The van der Waals surface area contributed by atoms with Crippen LogP contribution in [0.5, 0.6) is 0 Å². The molecular weight excluding hydrogens is 275 g/mol. The van der Waals surface area contributed by atoms with Gasteiger partial charge in [-0.05, 0) is 23.1 Å². The van der Waals surface area contributed by atoms with Crippen LogP contribution in [0.3, 0.4) is 0 Å². The molecule has 0 amide bonds. The third-order valence-corrected chi connectivity index (χ3v) is 3.81. The van der Waals surface area contributed by atoms with E-state index < -0.39 is 0 Å². The van der Waals surface area contributed by atoms with E-state index in [1.165, 1.54) is 0 Å². The molecule has 0 unspecified atom stereocenters. The first kappa shape index (κ1) is 13.0. The van der Waals surface area contributed by atoms with Gasteiger partial charge in [0.2, 0.25) is 0 Å². The predicted octanol–water partition coefficient (Wildman–Crippen LogP) is 4.28. The van der Waals surface area contributed by atoms with E-state index in [0.29, 0.717) is 6.61 Å². The van der Waals surface area contributed by atoms with Crippen LogP contribution in [0.4, 0.5) is 0 Å². The first-order valence-electron chi connectivity index (χ1n) is 4.92. The van der Waals surface area contributed by atoms with Gasteiger partial charge in [0.25, 0.3) is 0 Å². The number of rotatable bonds is 5. The average Bonchev–Trinajstić information content (AvgIpc) is 2.21. The lowest BCUT2D eigenvalue weighted by Gasteiger charge is -2.21. The molecule has 0 atom stereocenters. The van der Waals surface area contributed by atoms with E-state index in [0.717, 1.165) is 22.5 Å². The van der Waals surface area contributed by atoms with Crippen molar-refractivity contribution in [3.8, 4) is 0 Å². The van der Waals surface area contributed by atoms with Crippen molar-refractivity contribution < 1.29 is 4.74 Å². The molecule has 0 spiro atoms. The second-order valence-electron chi connectivity index (χ2n) is 4.42. The van der Waals surface area contributed by atoms with Gasteiger partial charge in [-0.25, -0.2) is 0 Å². The van der Waals surface area contributed by atoms with Gasteiger partial charge in [-0.2, -0.15) is 0 Å². The maximum atomic E-state index is 5.79. The molecule has 0 N–H and O–H groups in total. The second kappa shape index (κ2) is 5.88.